The van der Waals surface area contributed by atoms with E-state index in [0.717, 1.165) is 11.3 Å². The summed E-state index contributed by atoms with van der Waals surface area (Å²) in [5, 5.41) is 11.5. The third kappa shape index (κ3) is 5.88. The van der Waals surface area contributed by atoms with Gasteiger partial charge in [-0.25, -0.2) is 4.79 Å². The molecular weight excluding hydrogens is 388 g/mol. The Labute approximate surface area is 174 Å². The van der Waals surface area contributed by atoms with Crippen molar-refractivity contribution in [1.82, 2.24) is 5.32 Å². The monoisotopic (exact) mass is 410 g/mol. The maximum Gasteiger partial charge on any atom is 0.347 e. The van der Waals surface area contributed by atoms with Crippen molar-refractivity contribution in [3.8, 4) is 23.3 Å². The first kappa shape index (κ1) is 21.0. The van der Waals surface area contributed by atoms with E-state index in [9.17, 15) is 9.59 Å². The Morgan fingerprint density at radius 3 is 2.60 bits per heavy atom. The highest BCUT2D eigenvalue weighted by Crippen LogP contribution is 2.30. The summed E-state index contributed by atoms with van der Waals surface area (Å²) in [5.74, 6) is 0.809. The normalized spacial score (nSPS) is 12.9. The van der Waals surface area contributed by atoms with Crippen molar-refractivity contribution in [2.75, 3.05) is 26.4 Å². The molecule has 2 aromatic rings. The highest BCUT2D eigenvalue weighted by molar-refractivity contribution is 5.82. The van der Waals surface area contributed by atoms with Crippen LogP contribution in [0, 0.1) is 11.3 Å². The first-order valence-corrected chi connectivity index (χ1v) is 9.54. The molecule has 0 aliphatic carbocycles. The third-order valence-corrected chi connectivity index (χ3v) is 4.32. The first-order valence-electron chi connectivity index (χ1n) is 9.54. The van der Waals surface area contributed by atoms with Gasteiger partial charge in [0, 0.05) is 6.54 Å². The second-order valence-corrected chi connectivity index (χ2v) is 6.58. The molecule has 3 rings (SSSR count). The minimum Gasteiger partial charge on any atom is -0.486 e. The third-order valence-electron chi connectivity index (χ3n) is 4.32. The van der Waals surface area contributed by atoms with Gasteiger partial charge in [-0.05, 0) is 55.3 Å². The molecule has 8 nitrogen and oxygen atoms in total. The van der Waals surface area contributed by atoms with E-state index in [1.165, 1.54) is 6.92 Å². The Kier molecular flexibility index (Phi) is 7.11. The smallest absolute Gasteiger partial charge is 0.347 e. The zero-order chi connectivity index (χ0) is 21.3. The number of carbonyl (C=O) groups is 2. The van der Waals surface area contributed by atoms with Crippen LogP contribution in [0.4, 0.5) is 0 Å². The molecule has 8 heteroatoms. The number of ether oxygens (including phenoxy) is 4. The molecule has 1 aliphatic rings. The van der Waals surface area contributed by atoms with Crippen molar-refractivity contribution in [2.24, 2.45) is 0 Å². The van der Waals surface area contributed by atoms with Crippen LogP contribution in [0.2, 0.25) is 0 Å². The lowest BCUT2D eigenvalue weighted by Crippen LogP contribution is -2.33. The highest BCUT2D eigenvalue weighted by Gasteiger charge is 2.18. The maximum atomic E-state index is 12.0. The number of hydrogen-bond donors (Lipinski definition) is 1. The molecule has 156 valence electrons. The molecule has 0 aromatic heterocycles. The van der Waals surface area contributed by atoms with E-state index in [4.69, 9.17) is 24.2 Å². The first-order chi connectivity index (χ1) is 14.5. The molecule has 1 N–H and O–H groups in total. The van der Waals surface area contributed by atoms with E-state index < -0.39 is 18.0 Å². The number of fused-ring (bicyclic) bond motifs is 1. The lowest BCUT2D eigenvalue weighted by molar-refractivity contribution is -0.154. The molecular formula is C22H22N2O6. The van der Waals surface area contributed by atoms with Crippen LogP contribution in [-0.4, -0.2) is 44.3 Å². The number of hydrogen-bond acceptors (Lipinski definition) is 7. The SMILES string of the molecule is CC(Oc1ccc(C#N)cc1)C(=O)OCC(=O)NCCc1ccc2c(c1)OCCO2. The Hall–Kier alpha value is -3.73. The Morgan fingerprint density at radius 1 is 1.13 bits per heavy atom. The molecule has 0 bridgehead atoms. The Morgan fingerprint density at radius 2 is 1.87 bits per heavy atom. The molecule has 30 heavy (non-hydrogen) atoms. The van der Waals surface area contributed by atoms with Gasteiger partial charge in [-0.3, -0.25) is 4.79 Å². The topological polar surface area (TPSA) is 107 Å². The zero-order valence-corrected chi connectivity index (χ0v) is 16.6. The number of nitriles is 1. The maximum absolute atomic E-state index is 12.0. The number of amides is 1. The summed E-state index contributed by atoms with van der Waals surface area (Å²) in [4.78, 5) is 23.9. The molecule has 0 radical (unpaired) electrons. The fraction of sp³-hybridized carbons (Fsp3) is 0.318. The number of rotatable bonds is 8. The molecule has 0 fully saturated rings. The fourth-order valence-electron chi connectivity index (χ4n) is 2.75. The Balaban J connectivity index is 1.36. The molecule has 0 spiro atoms. The van der Waals surface area contributed by atoms with E-state index in [0.29, 0.717) is 43.2 Å². The lowest BCUT2D eigenvalue weighted by atomic mass is 10.1. The van der Waals surface area contributed by atoms with Gasteiger partial charge in [0.1, 0.15) is 19.0 Å². The average Bonchev–Trinajstić information content (AvgIpc) is 2.77. The Bertz CT molecular complexity index is 936. The second kappa shape index (κ2) is 10.2. The minimum atomic E-state index is -0.886. The van der Waals surface area contributed by atoms with Crippen LogP contribution < -0.4 is 19.5 Å². The largest absolute Gasteiger partial charge is 0.486 e. The number of nitrogens with one attached hydrogen (secondary N) is 1. The average molecular weight is 410 g/mol. The molecule has 1 aliphatic heterocycles. The summed E-state index contributed by atoms with van der Waals surface area (Å²) in [7, 11) is 0. The van der Waals surface area contributed by atoms with Gasteiger partial charge in [0.05, 0.1) is 11.6 Å². The quantitative estimate of drug-likeness (QED) is 0.663. The van der Waals surface area contributed by atoms with Crippen LogP contribution in [0.1, 0.15) is 18.1 Å². The van der Waals surface area contributed by atoms with Crippen LogP contribution in [-0.2, 0) is 20.7 Å². The van der Waals surface area contributed by atoms with E-state index in [1.54, 1.807) is 24.3 Å². The molecule has 1 heterocycles. The summed E-state index contributed by atoms with van der Waals surface area (Å²) >= 11 is 0. The van der Waals surface area contributed by atoms with Crippen LogP contribution in [0.3, 0.4) is 0 Å². The summed E-state index contributed by atoms with van der Waals surface area (Å²) < 4.78 is 21.5. The van der Waals surface area contributed by atoms with E-state index >= 15 is 0 Å². The number of esters is 1. The van der Waals surface area contributed by atoms with Crippen molar-refractivity contribution in [1.29, 1.82) is 5.26 Å². The van der Waals surface area contributed by atoms with Crippen molar-refractivity contribution in [2.45, 2.75) is 19.4 Å². The van der Waals surface area contributed by atoms with Crippen LogP contribution in [0.5, 0.6) is 17.2 Å². The van der Waals surface area contributed by atoms with Gasteiger partial charge in [-0.1, -0.05) is 6.07 Å². The van der Waals surface area contributed by atoms with Gasteiger partial charge in [0.2, 0.25) is 0 Å². The van der Waals surface area contributed by atoms with Gasteiger partial charge in [-0.2, -0.15) is 5.26 Å². The summed E-state index contributed by atoms with van der Waals surface area (Å²) in [6, 6.07) is 14.0. The van der Waals surface area contributed by atoms with E-state index in [-0.39, 0.29) is 6.61 Å². The van der Waals surface area contributed by atoms with E-state index in [2.05, 4.69) is 5.32 Å². The van der Waals surface area contributed by atoms with Crippen molar-refractivity contribution in [3.05, 3.63) is 53.6 Å². The van der Waals surface area contributed by atoms with Crippen molar-refractivity contribution in [3.63, 3.8) is 0 Å². The van der Waals surface area contributed by atoms with E-state index in [1.807, 2.05) is 24.3 Å². The second-order valence-electron chi connectivity index (χ2n) is 6.58. The minimum absolute atomic E-state index is 0.388. The van der Waals surface area contributed by atoms with Gasteiger partial charge in [0.25, 0.3) is 5.91 Å². The van der Waals surface area contributed by atoms with Gasteiger partial charge < -0.3 is 24.3 Å². The zero-order valence-electron chi connectivity index (χ0n) is 16.6. The fourth-order valence-corrected chi connectivity index (χ4v) is 2.75. The molecule has 1 amide bonds. The molecule has 2 aromatic carbocycles. The van der Waals surface area contributed by atoms with Crippen LogP contribution in [0.25, 0.3) is 0 Å². The van der Waals surface area contributed by atoms with Gasteiger partial charge in [-0.15, -0.1) is 0 Å². The highest BCUT2D eigenvalue weighted by atomic mass is 16.6. The predicted molar refractivity (Wildman–Crippen MR) is 106 cm³/mol. The van der Waals surface area contributed by atoms with Gasteiger partial charge >= 0.3 is 5.97 Å². The van der Waals surface area contributed by atoms with Crippen LogP contribution in [0.15, 0.2) is 42.5 Å². The predicted octanol–water partition coefficient (Wildman–Crippen LogP) is 2.00. The number of benzene rings is 2. The summed E-state index contributed by atoms with van der Waals surface area (Å²) in [6.07, 6.45) is -0.280. The molecule has 0 saturated heterocycles. The van der Waals surface area contributed by atoms with Crippen molar-refractivity contribution < 1.29 is 28.5 Å². The molecule has 1 unspecified atom stereocenters. The van der Waals surface area contributed by atoms with Crippen LogP contribution >= 0.6 is 0 Å². The standard InChI is InChI=1S/C22H22N2O6/c1-15(30-18-5-2-17(13-23)3-6-18)22(26)29-14-21(25)24-9-8-16-4-7-19-20(12-16)28-11-10-27-19/h2-7,12,15H,8-11,14H2,1H3,(H,24,25). The lowest BCUT2D eigenvalue weighted by Gasteiger charge is -2.18. The molecule has 1 atom stereocenters. The van der Waals surface area contributed by atoms with Crippen molar-refractivity contribution >= 4 is 11.9 Å². The summed E-state index contributed by atoms with van der Waals surface area (Å²) in [5.41, 5.74) is 1.49. The van der Waals surface area contributed by atoms with Gasteiger partial charge in [0.15, 0.2) is 24.2 Å². The summed E-state index contributed by atoms with van der Waals surface area (Å²) in [6.45, 7) is 2.60. The number of nitrogens with zero attached hydrogens (tertiary/aromatic N) is 1. The number of carbonyl (C=O) groups excluding carboxylic acids is 2. The molecule has 0 saturated carbocycles.